The van der Waals surface area contributed by atoms with Crippen LogP contribution in [0.5, 0.6) is 0 Å². The van der Waals surface area contributed by atoms with Gasteiger partial charge in [-0.05, 0) is 18.2 Å². The topological polar surface area (TPSA) is 52.9 Å². The van der Waals surface area contributed by atoms with Crippen molar-refractivity contribution in [3.63, 3.8) is 0 Å². The molecule has 0 saturated carbocycles. The number of hydrogen-bond acceptors (Lipinski definition) is 2. The van der Waals surface area contributed by atoms with Gasteiger partial charge in [-0.25, -0.2) is 4.39 Å². The summed E-state index contributed by atoms with van der Waals surface area (Å²) in [6.07, 6.45) is 0.198. The average Bonchev–Trinajstić information content (AvgIpc) is 2.20. The smallest absolute Gasteiger partial charge is 0.225 e. The van der Waals surface area contributed by atoms with E-state index in [4.69, 9.17) is 5.26 Å². The molecule has 0 unspecified atom stereocenters. The summed E-state index contributed by atoms with van der Waals surface area (Å²) >= 11 is 3.17. The molecule has 1 rings (SSSR count). The van der Waals surface area contributed by atoms with Crippen LogP contribution >= 0.6 is 15.9 Å². The van der Waals surface area contributed by atoms with Crippen molar-refractivity contribution in [1.29, 1.82) is 5.26 Å². The third kappa shape index (κ3) is 3.68. The van der Waals surface area contributed by atoms with Crippen LogP contribution in [0.1, 0.15) is 12.8 Å². The van der Waals surface area contributed by atoms with E-state index in [1.165, 1.54) is 12.1 Å². The summed E-state index contributed by atoms with van der Waals surface area (Å²) in [5.41, 5.74) is 0.118. The highest BCUT2D eigenvalue weighted by molar-refractivity contribution is 9.10. The fourth-order valence-electron chi connectivity index (χ4n) is 0.975. The molecule has 0 aliphatic heterocycles. The van der Waals surface area contributed by atoms with Gasteiger partial charge in [-0.2, -0.15) is 5.26 Å². The third-order valence-electron chi connectivity index (χ3n) is 1.67. The summed E-state index contributed by atoms with van der Waals surface area (Å²) < 4.78 is 13.8. The molecule has 1 amide bonds. The maximum Gasteiger partial charge on any atom is 0.225 e. The van der Waals surface area contributed by atoms with Crippen molar-refractivity contribution in [3.8, 4) is 6.07 Å². The van der Waals surface area contributed by atoms with Gasteiger partial charge in [0.15, 0.2) is 0 Å². The van der Waals surface area contributed by atoms with Crippen molar-refractivity contribution >= 4 is 27.5 Å². The highest BCUT2D eigenvalue weighted by atomic mass is 79.9. The van der Waals surface area contributed by atoms with Gasteiger partial charge < -0.3 is 5.32 Å². The Morgan fingerprint density at radius 3 is 3.00 bits per heavy atom. The van der Waals surface area contributed by atoms with Crippen molar-refractivity contribution in [1.82, 2.24) is 0 Å². The zero-order valence-corrected chi connectivity index (χ0v) is 9.34. The molecule has 0 aromatic heterocycles. The Morgan fingerprint density at radius 2 is 2.33 bits per heavy atom. The Kier molecular flexibility index (Phi) is 4.25. The normalized spacial score (nSPS) is 9.40. The second-order valence-electron chi connectivity index (χ2n) is 2.83. The van der Waals surface area contributed by atoms with E-state index >= 15 is 0 Å². The highest BCUT2D eigenvalue weighted by Gasteiger charge is 2.06. The maximum absolute atomic E-state index is 13.2. The lowest BCUT2D eigenvalue weighted by molar-refractivity contribution is -0.116. The SMILES string of the molecule is N#CCCC(=O)Nc1cc(Br)ccc1F. The summed E-state index contributed by atoms with van der Waals surface area (Å²) in [5, 5.41) is 10.7. The van der Waals surface area contributed by atoms with E-state index in [1.54, 1.807) is 6.07 Å². The summed E-state index contributed by atoms with van der Waals surface area (Å²) in [6.45, 7) is 0. The molecule has 5 heteroatoms. The van der Waals surface area contributed by atoms with Crippen molar-refractivity contribution in [2.75, 3.05) is 5.32 Å². The van der Waals surface area contributed by atoms with Crippen molar-refractivity contribution in [3.05, 3.63) is 28.5 Å². The van der Waals surface area contributed by atoms with Crippen molar-refractivity contribution < 1.29 is 9.18 Å². The minimum absolute atomic E-state index is 0.0719. The summed E-state index contributed by atoms with van der Waals surface area (Å²) in [6, 6.07) is 6.11. The molecule has 0 bridgehead atoms. The molecule has 0 aliphatic carbocycles. The lowest BCUT2D eigenvalue weighted by Gasteiger charge is -2.05. The van der Waals surface area contributed by atoms with Gasteiger partial charge in [0.05, 0.1) is 11.8 Å². The first-order valence-corrected chi connectivity index (χ1v) is 5.04. The molecule has 0 radical (unpaired) electrons. The average molecular weight is 271 g/mol. The molecule has 0 spiro atoms. The van der Waals surface area contributed by atoms with Gasteiger partial charge in [-0.15, -0.1) is 0 Å². The predicted octanol–water partition coefficient (Wildman–Crippen LogP) is 2.83. The number of halogens is 2. The molecule has 15 heavy (non-hydrogen) atoms. The monoisotopic (exact) mass is 270 g/mol. The van der Waals surface area contributed by atoms with Gasteiger partial charge in [0, 0.05) is 17.3 Å². The molecule has 0 saturated heterocycles. The summed E-state index contributed by atoms with van der Waals surface area (Å²) in [4.78, 5) is 11.2. The number of nitriles is 1. The Morgan fingerprint density at radius 1 is 1.60 bits per heavy atom. The number of rotatable bonds is 3. The zero-order chi connectivity index (χ0) is 11.3. The molecule has 3 nitrogen and oxygen atoms in total. The van der Waals surface area contributed by atoms with E-state index in [9.17, 15) is 9.18 Å². The Bertz CT molecular complexity index is 414. The standard InChI is InChI=1S/C10H8BrFN2O/c11-7-3-4-8(12)9(6-7)14-10(15)2-1-5-13/h3-4,6H,1-2H2,(H,14,15). The minimum atomic E-state index is -0.497. The lowest BCUT2D eigenvalue weighted by Crippen LogP contribution is -2.11. The number of nitrogens with one attached hydrogen (secondary N) is 1. The van der Waals surface area contributed by atoms with Gasteiger partial charge in [-0.3, -0.25) is 4.79 Å². The molecular formula is C10H8BrFN2O. The van der Waals surface area contributed by atoms with Crippen molar-refractivity contribution in [2.45, 2.75) is 12.8 Å². The molecule has 1 aromatic carbocycles. The molecule has 0 fully saturated rings. The first-order chi connectivity index (χ1) is 7.13. The van der Waals surface area contributed by atoms with Crippen LogP contribution in [0.25, 0.3) is 0 Å². The number of carbonyl (C=O) groups is 1. The number of amides is 1. The quantitative estimate of drug-likeness (QED) is 0.918. The fraction of sp³-hybridized carbons (Fsp3) is 0.200. The fourth-order valence-corrected chi connectivity index (χ4v) is 1.34. The third-order valence-corrected chi connectivity index (χ3v) is 2.16. The maximum atomic E-state index is 13.2. The highest BCUT2D eigenvalue weighted by Crippen LogP contribution is 2.20. The Balaban J connectivity index is 2.68. The van der Waals surface area contributed by atoms with Crippen LogP contribution in [0.15, 0.2) is 22.7 Å². The van der Waals surface area contributed by atoms with E-state index < -0.39 is 5.82 Å². The van der Waals surface area contributed by atoms with Crippen LogP contribution in [0, 0.1) is 17.1 Å². The number of hydrogen-bond donors (Lipinski definition) is 1. The van der Waals surface area contributed by atoms with Crippen LogP contribution in [-0.4, -0.2) is 5.91 Å². The van der Waals surface area contributed by atoms with Gasteiger partial charge in [0.2, 0.25) is 5.91 Å². The first kappa shape index (κ1) is 11.7. The van der Waals surface area contributed by atoms with Crippen LogP contribution < -0.4 is 5.32 Å². The van der Waals surface area contributed by atoms with Crippen LogP contribution in [-0.2, 0) is 4.79 Å². The minimum Gasteiger partial charge on any atom is -0.324 e. The van der Waals surface area contributed by atoms with E-state index in [1.807, 2.05) is 6.07 Å². The van der Waals surface area contributed by atoms with E-state index in [2.05, 4.69) is 21.2 Å². The van der Waals surface area contributed by atoms with Crippen LogP contribution in [0.2, 0.25) is 0 Å². The second-order valence-corrected chi connectivity index (χ2v) is 3.75. The van der Waals surface area contributed by atoms with Gasteiger partial charge >= 0.3 is 0 Å². The van der Waals surface area contributed by atoms with E-state index in [0.717, 1.165) is 0 Å². The Hall–Kier alpha value is -1.41. The summed E-state index contributed by atoms with van der Waals surface area (Å²) in [7, 11) is 0. The second kappa shape index (κ2) is 5.47. The lowest BCUT2D eigenvalue weighted by atomic mass is 10.2. The Labute approximate surface area is 95.0 Å². The first-order valence-electron chi connectivity index (χ1n) is 4.25. The molecule has 0 aliphatic rings. The summed E-state index contributed by atoms with van der Waals surface area (Å²) in [5.74, 6) is -0.864. The molecule has 0 heterocycles. The van der Waals surface area contributed by atoms with E-state index in [0.29, 0.717) is 4.47 Å². The van der Waals surface area contributed by atoms with Crippen LogP contribution in [0.3, 0.4) is 0 Å². The number of benzene rings is 1. The molecular weight excluding hydrogens is 263 g/mol. The molecule has 0 atom stereocenters. The number of anilines is 1. The predicted molar refractivity (Wildman–Crippen MR) is 57.6 cm³/mol. The van der Waals surface area contributed by atoms with E-state index in [-0.39, 0.29) is 24.4 Å². The number of carbonyl (C=O) groups excluding carboxylic acids is 1. The van der Waals surface area contributed by atoms with Gasteiger partial charge in [0.1, 0.15) is 5.82 Å². The van der Waals surface area contributed by atoms with Crippen LogP contribution in [0.4, 0.5) is 10.1 Å². The molecule has 1 N–H and O–H groups in total. The number of nitrogens with zero attached hydrogens (tertiary/aromatic N) is 1. The molecule has 78 valence electrons. The van der Waals surface area contributed by atoms with Gasteiger partial charge in [0.25, 0.3) is 0 Å². The van der Waals surface area contributed by atoms with Gasteiger partial charge in [-0.1, -0.05) is 15.9 Å². The largest absolute Gasteiger partial charge is 0.324 e. The van der Waals surface area contributed by atoms with Crippen molar-refractivity contribution in [2.24, 2.45) is 0 Å². The zero-order valence-electron chi connectivity index (χ0n) is 7.76. The molecule has 1 aromatic rings.